The lowest BCUT2D eigenvalue weighted by molar-refractivity contribution is -0.663. The quantitative estimate of drug-likeness (QED) is 0.371. The molecule has 0 radical (unpaired) electrons. The summed E-state index contributed by atoms with van der Waals surface area (Å²) in [5.74, 6) is 0.823. The fourth-order valence-electron chi connectivity index (χ4n) is 2.71. The van der Waals surface area contributed by atoms with Crippen molar-refractivity contribution in [2.24, 2.45) is 0 Å². The van der Waals surface area contributed by atoms with Crippen LogP contribution in [0.3, 0.4) is 0 Å². The Balaban J connectivity index is 1.96. The molecule has 0 unspecified atom stereocenters. The third kappa shape index (κ3) is 3.62. The summed E-state index contributed by atoms with van der Waals surface area (Å²) in [7, 11) is 0. The zero-order valence-corrected chi connectivity index (χ0v) is 13.9. The number of nitrogens with zero attached hydrogens (tertiary/aromatic N) is 1. The van der Waals surface area contributed by atoms with Crippen molar-refractivity contribution >= 4 is 16.7 Å². The fourth-order valence-corrected chi connectivity index (χ4v) is 2.71. The number of ether oxygens (including phenoxy) is 1. The number of fused-ring (bicyclic) bond motifs is 1. The first-order valence-corrected chi connectivity index (χ1v) is 8.42. The minimum atomic E-state index is 0.0808. The average molecular weight is 320 g/mol. The lowest BCUT2D eigenvalue weighted by Crippen LogP contribution is -2.40. The normalized spacial score (nSPS) is 10.7. The van der Waals surface area contributed by atoms with E-state index in [-0.39, 0.29) is 12.3 Å². The molecule has 0 saturated heterocycles. The molecule has 2 aromatic carbocycles. The second-order valence-corrected chi connectivity index (χ2v) is 5.81. The van der Waals surface area contributed by atoms with Crippen LogP contribution in [0.4, 0.5) is 0 Å². The van der Waals surface area contributed by atoms with Gasteiger partial charge in [-0.15, -0.1) is 0 Å². The lowest BCUT2D eigenvalue weighted by Gasteiger charge is -2.08. The molecule has 3 rings (SSSR count). The molecule has 1 heterocycles. The summed E-state index contributed by atoms with van der Waals surface area (Å²) in [4.78, 5) is 12.7. The molecule has 122 valence electrons. The van der Waals surface area contributed by atoms with Gasteiger partial charge in [-0.25, -0.2) is 0 Å². The van der Waals surface area contributed by atoms with Crippen LogP contribution in [-0.2, 0) is 6.54 Å². The predicted molar refractivity (Wildman–Crippen MR) is 95.3 cm³/mol. The molecule has 24 heavy (non-hydrogen) atoms. The first-order valence-electron chi connectivity index (χ1n) is 8.42. The van der Waals surface area contributed by atoms with Crippen LogP contribution in [0.1, 0.15) is 30.1 Å². The van der Waals surface area contributed by atoms with E-state index in [0.717, 1.165) is 35.2 Å². The van der Waals surface area contributed by atoms with E-state index in [1.807, 2.05) is 65.2 Å². The van der Waals surface area contributed by atoms with Crippen molar-refractivity contribution in [3.63, 3.8) is 0 Å². The van der Waals surface area contributed by atoms with Gasteiger partial charge in [0.1, 0.15) is 0 Å². The van der Waals surface area contributed by atoms with Crippen LogP contribution in [-0.4, -0.2) is 12.4 Å². The Kier molecular flexibility index (Phi) is 5.22. The number of hydrogen-bond acceptors (Lipinski definition) is 2. The first kappa shape index (κ1) is 16.2. The number of carbonyl (C=O) groups excluding carboxylic acids is 1. The average Bonchev–Trinajstić information content (AvgIpc) is 2.64. The number of carbonyl (C=O) groups is 1. The molecule has 0 atom stereocenters. The molecule has 0 fully saturated rings. The highest BCUT2D eigenvalue weighted by Crippen LogP contribution is 2.15. The number of benzene rings is 2. The molecule has 3 nitrogen and oxygen atoms in total. The van der Waals surface area contributed by atoms with E-state index >= 15 is 0 Å². The maximum Gasteiger partial charge on any atom is 0.368 e. The standard InChI is InChI=1S/C21H22NO2/c1-2-3-15-24-21-14-13-17-9-7-8-12-19(17)22(21)16-20(23)18-10-5-4-6-11-18/h4-14H,2-3,15-16H2,1H3/q+1. The smallest absolute Gasteiger partial charge is 0.368 e. The van der Waals surface area contributed by atoms with Gasteiger partial charge in [0.25, 0.3) is 0 Å². The van der Waals surface area contributed by atoms with E-state index < -0.39 is 0 Å². The Bertz CT molecular complexity index is 828. The second-order valence-electron chi connectivity index (χ2n) is 5.81. The number of pyridine rings is 1. The molecule has 0 aliphatic carbocycles. The van der Waals surface area contributed by atoms with Crippen molar-refractivity contribution in [1.82, 2.24) is 0 Å². The molecule has 0 N–H and O–H groups in total. The molecule has 0 aliphatic heterocycles. The van der Waals surface area contributed by atoms with Gasteiger partial charge in [0, 0.05) is 17.0 Å². The molecule has 3 aromatic rings. The highest BCUT2D eigenvalue weighted by molar-refractivity contribution is 5.95. The maximum absolute atomic E-state index is 12.7. The molecule has 3 heteroatoms. The summed E-state index contributed by atoms with van der Waals surface area (Å²) in [6, 6.07) is 21.5. The molecular formula is C21H22NO2+. The Morgan fingerprint density at radius 3 is 2.50 bits per heavy atom. The Morgan fingerprint density at radius 2 is 1.71 bits per heavy atom. The van der Waals surface area contributed by atoms with E-state index in [0.29, 0.717) is 6.61 Å². The second kappa shape index (κ2) is 7.73. The zero-order valence-electron chi connectivity index (χ0n) is 13.9. The van der Waals surface area contributed by atoms with Gasteiger partial charge >= 0.3 is 5.88 Å². The number of ketones is 1. The number of rotatable bonds is 7. The number of unbranched alkanes of at least 4 members (excludes halogenated alkanes) is 1. The van der Waals surface area contributed by atoms with Crippen molar-refractivity contribution in [2.45, 2.75) is 26.3 Å². The molecule has 0 spiro atoms. The molecule has 0 bridgehead atoms. The highest BCUT2D eigenvalue weighted by Gasteiger charge is 2.21. The predicted octanol–water partition coefficient (Wildman–Crippen LogP) is 4.19. The van der Waals surface area contributed by atoms with Crippen molar-refractivity contribution < 1.29 is 14.1 Å². The Morgan fingerprint density at radius 1 is 0.958 bits per heavy atom. The summed E-state index contributed by atoms with van der Waals surface area (Å²) >= 11 is 0. The summed E-state index contributed by atoms with van der Waals surface area (Å²) in [5, 5.41) is 1.10. The minimum Gasteiger partial charge on any atom is -0.444 e. The van der Waals surface area contributed by atoms with Gasteiger partial charge in [0.15, 0.2) is 0 Å². The van der Waals surface area contributed by atoms with Crippen LogP contribution in [0.2, 0.25) is 0 Å². The van der Waals surface area contributed by atoms with Gasteiger partial charge in [-0.05, 0) is 18.6 Å². The van der Waals surface area contributed by atoms with Crippen LogP contribution in [0.25, 0.3) is 10.9 Å². The number of Topliss-reactive ketones (excluding diaryl/α,β-unsaturated/α-hetero) is 1. The van der Waals surface area contributed by atoms with Crippen LogP contribution in [0.15, 0.2) is 66.7 Å². The number of para-hydroxylation sites is 1. The Labute approximate surface area is 142 Å². The molecule has 0 amide bonds. The van der Waals surface area contributed by atoms with Gasteiger partial charge in [-0.2, -0.15) is 4.57 Å². The van der Waals surface area contributed by atoms with E-state index in [9.17, 15) is 4.79 Å². The van der Waals surface area contributed by atoms with Gasteiger partial charge in [0.2, 0.25) is 17.8 Å². The summed E-state index contributed by atoms with van der Waals surface area (Å²) in [5.41, 5.74) is 1.73. The van der Waals surface area contributed by atoms with Gasteiger partial charge in [-0.1, -0.05) is 55.8 Å². The van der Waals surface area contributed by atoms with E-state index in [1.165, 1.54) is 0 Å². The van der Waals surface area contributed by atoms with E-state index in [2.05, 4.69) is 13.0 Å². The highest BCUT2D eigenvalue weighted by atomic mass is 16.5. The van der Waals surface area contributed by atoms with Crippen molar-refractivity contribution in [3.8, 4) is 5.88 Å². The van der Waals surface area contributed by atoms with Gasteiger partial charge < -0.3 is 4.74 Å². The minimum absolute atomic E-state index is 0.0808. The van der Waals surface area contributed by atoms with Crippen LogP contribution < -0.4 is 9.30 Å². The fraction of sp³-hybridized carbons (Fsp3) is 0.238. The summed E-state index contributed by atoms with van der Waals surface area (Å²) in [6.45, 7) is 3.07. The van der Waals surface area contributed by atoms with Gasteiger partial charge in [0.05, 0.1) is 12.7 Å². The SMILES string of the molecule is CCCCOc1ccc2ccccc2[n+]1CC(=O)c1ccccc1. The molecule has 0 aliphatic rings. The van der Waals surface area contributed by atoms with Crippen LogP contribution in [0.5, 0.6) is 5.88 Å². The maximum atomic E-state index is 12.7. The van der Waals surface area contributed by atoms with Gasteiger partial charge in [-0.3, -0.25) is 4.79 Å². The molecule has 0 saturated carbocycles. The third-order valence-corrected chi connectivity index (χ3v) is 4.04. The van der Waals surface area contributed by atoms with Crippen LogP contribution >= 0.6 is 0 Å². The van der Waals surface area contributed by atoms with Crippen molar-refractivity contribution in [1.29, 1.82) is 0 Å². The molecule has 1 aromatic heterocycles. The van der Waals surface area contributed by atoms with E-state index in [4.69, 9.17) is 4.74 Å². The number of aromatic nitrogens is 1. The monoisotopic (exact) mass is 320 g/mol. The first-order chi connectivity index (χ1) is 11.8. The summed E-state index contributed by atoms with van der Waals surface area (Å²) in [6.07, 6.45) is 2.08. The van der Waals surface area contributed by atoms with E-state index in [1.54, 1.807) is 0 Å². The zero-order chi connectivity index (χ0) is 16.8. The third-order valence-electron chi connectivity index (χ3n) is 4.04. The van der Waals surface area contributed by atoms with Crippen molar-refractivity contribution in [2.75, 3.05) is 6.61 Å². The topological polar surface area (TPSA) is 30.2 Å². The number of hydrogen-bond donors (Lipinski definition) is 0. The Hall–Kier alpha value is -2.68. The van der Waals surface area contributed by atoms with Crippen molar-refractivity contribution in [3.05, 3.63) is 72.3 Å². The molecular weight excluding hydrogens is 298 g/mol. The summed E-state index contributed by atoms with van der Waals surface area (Å²) < 4.78 is 7.91. The van der Waals surface area contributed by atoms with Crippen LogP contribution in [0, 0.1) is 0 Å². The lowest BCUT2D eigenvalue weighted by atomic mass is 10.1. The largest absolute Gasteiger partial charge is 0.444 e.